The lowest BCUT2D eigenvalue weighted by atomic mass is 10.2. The van der Waals surface area contributed by atoms with Gasteiger partial charge in [-0.15, -0.1) is 0 Å². The quantitative estimate of drug-likeness (QED) is 0.669. The third kappa shape index (κ3) is 2.53. The van der Waals surface area contributed by atoms with E-state index in [4.69, 9.17) is 0 Å². The first-order valence-electron chi connectivity index (χ1n) is 6.62. The van der Waals surface area contributed by atoms with Crippen molar-refractivity contribution < 1.29 is 4.79 Å². The van der Waals surface area contributed by atoms with Crippen LogP contribution in [-0.2, 0) is 0 Å². The van der Waals surface area contributed by atoms with Crippen LogP contribution in [-0.4, -0.2) is 25.6 Å². The van der Waals surface area contributed by atoms with Crippen LogP contribution in [0.1, 0.15) is 11.3 Å². The summed E-state index contributed by atoms with van der Waals surface area (Å²) in [5, 5.41) is 7.86. The second-order valence-corrected chi connectivity index (χ2v) is 4.85. The molecular formula is C14H14N6O2. The van der Waals surface area contributed by atoms with Crippen molar-refractivity contribution >= 4 is 23.2 Å². The van der Waals surface area contributed by atoms with Gasteiger partial charge in [-0.25, -0.2) is 14.8 Å². The van der Waals surface area contributed by atoms with Gasteiger partial charge in [-0.05, 0) is 31.5 Å². The standard InChI is InChI=1S/C14H14N6O2/c1-8-4-3-5-10(6-8)18-14(22)19-11-9(2)17-13-15-7-16-20(13)12(11)21/h3-7H,1-2H3,(H,15,16,17)(H2,18,19,22). The van der Waals surface area contributed by atoms with Gasteiger partial charge >= 0.3 is 6.03 Å². The van der Waals surface area contributed by atoms with Crippen LogP contribution in [0.25, 0.3) is 5.78 Å². The van der Waals surface area contributed by atoms with Gasteiger partial charge in [-0.3, -0.25) is 9.89 Å². The van der Waals surface area contributed by atoms with Crippen molar-refractivity contribution in [1.29, 1.82) is 0 Å². The van der Waals surface area contributed by atoms with Crippen LogP contribution in [0.5, 0.6) is 0 Å². The minimum Gasteiger partial charge on any atom is -0.308 e. The number of amides is 2. The molecule has 0 radical (unpaired) electrons. The molecule has 0 aliphatic rings. The fourth-order valence-electron chi connectivity index (χ4n) is 2.10. The number of aryl methyl sites for hydroxylation is 2. The average Bonchev–Trinajstić information content (AvgIpc) is 2.91. The number of aromatic amines is 1. The number of H-pyrrole nitrogens is 1. The van der Waals surface area contributed by atoms with Gasteiger partial charge < -0.3 is 10.6 Å². The molecule has 2 heterocycles. The lowest BCUT2D eigenvalue weighted by molar-refractivity contribution is 0.262. The molecule has 2 aromatic heterocycles. The predicted octanol–water partition coefficient (Wildman–Crippen LogP) is 1.68. The highest BCUT2D eigenvalue weighted by Gasteiger charge is 2.13. The molecule has 0 spiro atoms. The van der Waals surface area contributed by atoms with Crippen LogP contribution in [0.15, 0.2) is 35.4 Å². The number of carbonyl (C=O) groups is 1. The Balaban J connectivity index is 1.86. The Morgan fingerprint density at radius 3 is 2.86 bits per heavy atom. The smallest absolute Gasteiger partial charge is 0.308 e. The number of rotatable bonds is 2. The first-order valence-corrected chi connectivity index (χ1v) is 6.62. The van der Waals surface area contributed by atoms with E-state index >= 15 is 0 Å². The fraction of sp³-hybridized carbons (Fsp3) is 0.143. The number of nitrogens with one attached hydrogen (secondary N) is 3. The van der Waals surface area contributed by atoms with E-state index in [1.807, 2.05) is 25.1 Å². The fourth-order valence-corrected chi connectivity index (χ4v) is 2.10. The Morgan fingerprint density at radius 1 is 1.27 bits per heavy atom. The molecule has 1 aromatic carbocycles. The normalized spacial score (nSPS) is 10.6. The Labute approximate surface area is 125 Å². The molecule has 3 rings (SSSR count). The second-order valence-electron chi connectivity index (χ2n) is 4.85. The number of hydrogen-bond donors (Lipinski definition) is 3. The molecule has 112 valence electrons. The predicted molar refractivity (Wildman–Crippen MR) is 82.2 cm³/mol. The van der Waals surface area contributed by atoms with E-state index in [-0.39, 0.29) is 11.5 Å². The van der Waals surface area contributed by atoms with Gasteiger partial charge in [0.05, 0.1) is 5.69 Å². The summed E-state index contributed by atoms with van der Waals surface area (Å²) >= 11 is 0. The Kier molecular flexibility index (Phi) is 3.34. The topological polar surface area (TPSA) is 104 Å². The SMILES string of the molecule is Cc1cccc(NC(=O)Nc2c(C)nc3nc[nH]n3c2=O)c1. The van der Waals surface area contributed by atoms with Crippen LogP contribution in [0, 0.1) is 13.8 Å². The number of anilines is 2. The highest BCUT2D eigenvalue weighted by Crippen LogP contribution is 2.11. The van der Waals surface area contributed by atoms with Crippen LogP contribution < -0.4 is 16.2 Å². The largest absolute Gasteiger partial charge is 0.323 e. The van der Waals surface area contributed by atoms with Gasteiger partial charge in [-0.1, -0.05) is 12.1 Å². The maximum absolute atomic E-state index is 12.3. The van der Waals surface area contributed by atoms with Crippen molar-refractivity contribution in [3.63, 3.8) is 0 Å². The summed E-state index contributed by atoms with van der Waals surface area (Å²) in [6.07, 6.45) is 1.36. The molecule has 0 fully saturated rings. The summed E-state index contributed by atoms with van der Waals surface area (Å²) in [5.41, 5.74) is 1.75. The van der Waals surface area contributed by atoms with Gasteiger partial charge in [0, 0.05) is 5.69 Å². The van der Waals surface area contributed by atoms with Gasteiger partial charge in [0.1, 0.15) is 12.0 Å². The molecule has 0 atom stereocenters. The van der Waals surface area contributed by atoms with Crippen LogP contribution >= 0.6 is 0 Å². The highest BCUT2D eigenvalue weighted by molar-refractivity contribution is 6.00. The molecule has 8 heteroatoms. The van der Waals surface area contributed by atoms with E-state index in [0.717, 1.165) is 10.1 Å². The first kappa shape index (κ1) is 13.8. The molecule has 0 aliphatic heterocycles. The summed E-state index contributed by atoms with van der Waals surface area (Å²) < 4.78 is 1.16. The summed E-state index contributed by atoms with van der Waals surface area (Å²) in [4.78, 5) is 32.4. The lowest BCUT2D eigenvalue weighted by Crippen LogP contribution is -2.28. The summed E-state index contributed by atoms with van der Waals surface area (Å²) in [5.74, 6) is 0.257. The van der Waals surface area contributed by atoms with Gasteiger partial charge in [0.2, 0.25) is 0 Å². The molecular weight excluding hydrogens is 284 g/mol. The second kappa shape index (κ2) is 5.32. The van der Waals surface area contributed by atoms with E-state index in [2.05, 4.69) is 25.7 Å². The summed E-state index contributed by atoms with van der Waals surface area (Å²) in [6.45, 7) is 3.56. The highest BCUT2D eigenvalue weighted by atomic mass is 16.2. The molecule has 3 N–H and O–H groups in total. The van der Waals surface area contributed by atoms with Crippen LogP contribution in [0.2, 0.25) is 0 Å². The van der Waals surface area contributed by atoms with Gasteiger partial charge in [0.15, 0.2) is 0 Å². The van der Waals surface area contributed by atoms with Gasteiger partial charge in [-0.2, -0.15) is 4.52 Å². The Hall–Kier alpha value is -3.16. The first-order chi connectivity index (χ1) is 10.5. The Morgan fingerprint density at radius 2 is 2.09 bits per heavy atom. The molecule has 0 saturated carbocycles. The molecule has 22 heavy (non-hydrogen) atoms. The number of benzene rings is 1. The minimum atomic E-state index is -0.507. The third-order valence-corrected chi connectivity index (χ3v) is 3.13. The zero-order chi connectivity index (χ0) is 15.7. The monoisotopic (exact) mass is 298 g/mol. The van der Waals surface area contributed by atoms with Crippen molar-refractivity contribution in [2.24, 2.45) is 0 Å². The number of carbonyl (C=O) groups excluding carboxylic acids is 1. The molecule has 0 bridgehead atoms. The van der Waals surface area contributed by atoms with Gasteiger partial charge in [0.25, 0.3) is 11.3 Å². The lowest BCUT2D eigenvalue weighted by Gasteiger charge is -2.09. The molecule has 2 amide bonds. The van der Waals surface area contributed by atoms with Crippen molar-refractivity contribution in [2.45, 2.75) is 13.8 Å². The number of fused-ring (bicyclic) bond motifs is 1. The molecule has 0 aliphatic carbocycles. The number of hydrogen-bond acceptors (Lipinski definition) is 4. The van der Waals surface area contributed by atoms with Crippen LogP contribution in [0.3, 0.4) is 0 Å². The van der Waals surface area contributed by atoms with Crippen molar-refractivity contribution in [2.75, 3.05) is 10.6 Å². The van der Waals surface area contributed by atoms with E-state index in [1.165, 1.54) is 6.33 Å². The number of nitrogens with zero attached hydrogens (tertiary/aromatic N) is 3. The molecule has 0 unspecified atom stereocenters. The number of urea groups is 1. The summed E-state index contributed by atoms with van der Waals surface area (Å²) in [6, 6.07) is 6.85. The Bertz CT molecular complexity index is 911. The maximum Gasteiger partial charge on any atom is 0.323 e. The third-order valence-electron chi connectivity index (χ3n) is 3.13. The van der Waals surface area contributed by atoms with E-state index < -0.39 is 11.6 Å². The molecule has 3 aromatic rings. The van der Waals surface area contributed by atoms with E-state index in [1.54, 1.807) is 13.0 Å². The maximum atomic E-state index is 12.3. The van der Waals surface area contributed by atoms with Crippen molar-refractivity contribution in [3.8, 4) is 0 Å². The van der Waals surface area contributed by atoms with E-state index in [0.29, 0.717) is 11.4 Å². The minimum absolute atomic E-state index is 0.104. The zero-order valence-electron chi connectivity index (χ0n) is 12.0. The van der Waals surface area contributed by atoms with Crippen molar-refractivity contribution in [3.05, 3.63) is 52.2 Å². The molecule has 8 nitrogen and oxygen atoms in total. The summed E-state index contributed by atoms with van der Waals surface area (Å²) in [7, 11) is 0. The average molecular weight is 298 g/mol. The van der Waals surface area contributed by atoms with Crippen molar-refractivity contribution in [1.82, 2.24) is 19.6 Å². The zero-order valence-corrected chi connectivity index (χ0v) is 12.0. The number of aromatic nitrogens is 4. The molecule has 0 saturated heterocycles. The van der Waals surface area contributed by atoms with Crippen LogP contribution in [0.4, 0.5) is 16.2 Å². The van der Waals surface area contributed by atoms with E-state index in [9.17, 15) is 9.59 Å².